The molecule has 0 bridgehead atoms. The average molecular weight is 302 g/mol. The van der Waals surface area contributed by atoms with E-state index >= 15 is 0 Å². The summed E-state index contributed by atoms with van der Waals surface area (Å²) in [6.45, 7) is 3.28. The van der Waals surface area contributed by atoms with Crippen molar-refractivity contribution in [3.8, 4) is 0 Å². The van der Waals surface area contributed by atoms with Gasteiger partial charge < -0.3 is 4.74 Å². The molecule has 1 saturated heterocycles. The van der Waals surface area contributed by atoms with Gasteiger partial charge in [-0.3, -0.25) is 9.30 Å². The number of morpholine rings is 1. The maximum absolute atomic E-state index is 12.3. The van der Waals surface area contributed by atoms with Gasteiger partial charge in [0.1, 0.15) is 0 Å². The molecule has 6 nitrogen and oxygen atoms in total. The Balaban J connectivity index is 1.49. The van der Waals surface area contributed by atoms with Crippen molar-refractivity contribution in [2.45, 2.75) is 44.4 Å². The van der Waals surface area contributed by atoms with Crippen LogP contribution in [0.5, 0.6) is 0 Å². The monoisotopic (exact) mass is 302 g/mol. The highest BCUT2D eigenvalue weighted by molar-refractivity contribution is 5.35. The number of hydrogen-bond donors (Lipinski definition) is 0. The molecular formula is C16H22N4O2. The molecule has 22 heavy (non-hydrogen) atoms. The molecule has 2 aliphatic rings. The molecule has 2 aromatic rings. The van der Waals surface area contributed by atoms with Crippen LogP contribution in [0.3, 0.4) is 0 Å². The Kier molecular flexibility index (Phi) is 3.72. The van der Waals surface area contributed by atoms with E-state index < -0.39 is 0 Å². The van der Waals surface area contributed by atoms with Gasteiger partial charge >= 0.3 is 5.69 Å². The Labute approximate surface area is 129 Å². The van der Waals surface area contributed by atoms with Crippen LogP contribution in [-0.2, 0) is 11.3 Å². The third-order valence-corrected chi connectivity index (χ3v) is 4.93. The number of pyridine rings is 1. The summed E-state index contributed by atoms with van der Waals surface area (Å²) < 4.78 is 9.09. The first-order valence-corrected chi connectivity index (χ1v) is 8.23. The van der Waals surface area contributed by atoms with Crippen LogP contribution in [0.4, 0.5) is 0 Å². The van der Waals surface area contributed by atoms with E-state index in [0.29, 0.717) is 24.3 Å². The zero-order chi connectivity index (χ0) is 14.9. The molecule has 2 fully saturated rings. The molecule has 1 aliphatic carbocycles. The average Bonchev–Trinajstić information content (AvgIpc) is 2.89. The third-order valence-electron chi connectivity index (χ3n) is 4.93. The summed E-state index contributed by atoms with van der Waals surface area (Å²) in [5.41, 5.74) is 0.661. The molecule has 1 aliphatic heterocycles. The van der Waals surface area contributed by atoms with Gasteiger partial charge in [-0.1, -0.05) is 18.9 Å². The lowest BCUT2D eigenvalue weighted by atomic mass is 9.90. The highest BCUT2D eigenvalue weighted by atomic mass is 16.5. The number of aromatic nitrogens is 3. The van der Waals surface area contributed by atoms with Crippen molar-refractivity contribution in [2.24, 2.45) is 0 Å². The molecule has 0 unspecified atom stereocenters. The van der Waals surface area contributed by atoms with Crippen LogP contribution in [0.2, 0.25) is 0 Å². The standard InChI is InChI=1S/C16H22N4O2/c21-16-19-8-4-3-7-15(19)17-20(16)10-9-18-11-12-22-14-6-2-1-5-13(14)18/h3-4,7-8,13-14H,1-2,5-6,9-12H2/t13-,14+/m0/s1. The van der Waals surface area contributed by atoms with E-state index in [4.69, 9.17) is 4.74 Å². The molecule has 1 saturated carbocycles. The summed E-state index contributed by atoms with van der Waals surface area (Å²) >= 11 is 0. The molecule has 3 heterocycles. The maximum atomic E-state index is 12.3. The Bertz CT molecular complexity index is 705. The largest absolute Gasteiger partial charge is 0.375 e. The van der Waals surface area contributed by atoms with E-state index in [2.05, 4.69) is 10.00 Å². The second-order valence-electron chi connectivity index (χ2n) is 6.23. The summed E-state index contributed by atoms with van der Waals surface area (Å²) in [6.07, 6.45) is 7.11. The number of fused-ring (bicyclic) bond motifs is 2. The molecule has 118 valence electrons. The summed E-state index contributed by atoms with van der Waals surface area (Å²) in [7, 11) is 0. The van der Waals surface area contributed by atoms with Crippen molar-refractivity contribution in [3.63, 3.8) is 0 Å². The van der Waals surface area contributed by atoms with Gasteiger partial charge in [-0.15, -0.1) is 5.10 Å². The number of rotatable bonds is 3. The van der Waals surface area contributed by atoms with E-state index in [-0.39, 0.29) is 5.69 Å². The first-order chi connectivity index (χ1) is 10.8. The summed E-state index contributed by atoms with van der Waals surface area (Å²) in [5, 5.41) is 4.41. The molecule has 0 spiro atoms. The summed E-state index contributed by atoms with van der Waals surface area (Å²) in [6, 6.07) is 6.15. The number of nitrogens with zero attached hydrogens (tertiary/aromatic N) is 4. The lowest BCUT2D eigenvalue weighted by Crippen LogP contribution is -2.53. The topological polar surface area (TPSA) is 51.8 Å². The summed E-state index contributed by atoms with van der Waals surface area (Å²) in [5.74, 6) is 0. The molecule has 6 heteroatoms. The predicted molar refractivity (Wildman–Crippen MR) is 83.0 cm³/mol. The second kappa shape index (κ2) is 5.85. The molecule has 0 amide bonds. The van der Waals surface area contributed by atoms with Crippen LogP contribution < -0.4 is 5.69 Å². The SMILES string of the molecule is O=c1n(CCN2CCO[C@@H]3CCCC[C@@H]32)nc2ccccn12. The molecular weight excluding hydrogens is 280 g/mol. The van der Waals surface area contributed by atoms with Crippen molar-refractivity contribution in [1.29, 1.82) is 0 Å². The van der Waals surface area contributed by atoms with Gasteiger partial charge in [-0.05, 0) is 25.0 Å². The quantitative estimate of drug-likeness (QED) is 0.853. The normalized spacial score (nSPS) is 26.2. The fraction of sp³-hybridized carbons (Fsp3) is 0.625. The lowest BCUT2D eigenvalue weighted by molar-refractivity contribution is -0.0889. The zero-order valence-electron chi connectivity index (χ0n) is 12.7. The van der Waals surface area contributed by atoms with E-state index in [0.717, 1.165) is 19.7 Å². The molecule has 4 rings (SSSR count). The van der Waals surface area contributed by atoms with Gasteiger partial charge in [0, 0.05) is 25.3 Å². The first-order valence-electron chi connectivity index (χ1n) is 8.23. The van der Waals surface area contributed by atoms with Crippen LogP contribution in [0.25, 0.3) is 5.65 Å². The minimum absolute atomic E-state index is 0.0518. The molecule has 0 N–H and O–H groups in total. The van der Waals surface area contributed by atoms with E-state index in [9.17, 15) is 4.79 Å². The molecule has 0 radical (unpaired) electrons. The van der Waals surface area contributed by atoms with Gasteiger partial charge in [0.15, 0.2) is 5.65 Å². The molecule has 2 aromatic heterocycles. The third kappa shape index (κ3) is 2.46. The zero-order valence-corrected chi connectivity index (χ0v) is 12.7. The van der Waals surface area contributed by atoms with E-state index in [1.165, 1.54) is 25.7 Å². The highest BCUT2D eigenvalue weighted by Crippen LogP contribution is 2.28. The molecule has 0 aromatic carbocycles. The van der Waals surface area contributed by atoms with Crippen LogP contribution in [0.15, 0.2) is 29.2 Å². The Morgan fingerprint density at radius 1 is 1.23 bits per heavy atom. The second-order valence-corrected chi connectivity index (χ2v) is 6.23. The van der Waals surface area contributed by atoms with Gasteiger partial charge in [0.05, 0.1) is 19.3 Å². The van der Waals surface area contributed by atoms with Crippen molar-refractivity contribution < 1.29 is 4.74 Å². The highest BCUT2D eigenvalue weighted by Gasteiger charge is 2.33. The Hall–Kier alpha value is -1.66. The predicted octanol–water partition coefficient (Wildman–Crippen LogP) is 1.14. The van der Waals surface area contributed by atoms with E-state index in [1.807, 2.05) is 18.2 Å². The van der Waals surface area contributed by atoms with Crippen molar-refractivity contribution in [1.82, 2.24) is 19.1 Å². The summed E-state index contributed by atoms with van der Waals surface area (Å²) in [4.78, 5) is 14.8. The number of ether oxygens (including phenoxy) is 1. The van der Waals surface area contributed by atoms with Crippen LogP contribution >= 0.6 is 0 Å². The fourth-order valence-corrected chi connectivity index (χ4v) is 3.79. The lowest BCUT2D eigenvalue weighted by Gasteiger charge is -2.43. The van der Waals surface area contributed by atoms with Gasteiger partial charge in [0.2, 0.25) is 0 Å². The van der Waals surface area contributed by atoms with Crippen LogP contribution in [0, 0.1) is 0 Å². The Morgan fingerprint density at radius 2 is 2.14 bits per heavy atom. The smallest absolute Gasteiger partial charge is 0.350 e. The van der Waals surface area contributed by atoms with Gasteiger partial charge in [-0.2, -0.15) is 0 Å². The minimum Gasteiger partial charge on any atom is -0.375 e. The van der Waals surface area contributed by atoms with Gasteiger partial charge in [-0.25, -0.2) is 9.48 Å². The van der Waals surface area contributed by atoms with Crippen molar-refractivity contribution >= 4 is 5.65 Å². The van der Waals surface area contributed by atoms with Crippen LogP contribution in [-0.4, -0.2) is 50.9 Å². The number of hydrogen-bond acceptors (Lipinski definition) is 4. The van der Waals surface area contributed by atoms with Gasteiger partial charge in [0.25, 0.3) is 0 Å². The maximum Gasteiger partial charge on any atom is 0.350 e. The van der Waals surface area contributed by atoms with E-state index in [1.54, 1.807) is 15.3 Å². The Morgan fingerprint density at radius 3 is 3.05 bits per heavy atom. The minimum atomic E-state index is -0.0518. The fourth-order valence-electron chi connectivity index (χ4n) is 3.79. The van der Waals surface area contributed by atoms with Crippen molar-refractivity contribution in [3.05, 3.63) is 34.9 Å². The molecule has 2 atom stereocenters. The van der Waals surface area contributed by atoms with Crippen LogP contribution in [0.1, 0.15) is 25.7 Å². The van der Waals surface area contributed by atoms with Crippen molar-refractivity contribution in [2.75, 3.05) is 19.7 Å². The first kappa shape index (κ1) is 14.0.